The number of nitrogens with zero attached hydrogens (tertiary/aromatic N) is 2. The highest BCUT2D eigenvalue weighted by molar-refractivity contribution is 6.33. The fourth-order valence-electron chi connectivity index (χ4n) is 2.36. The summed E-state index contributed by atoms with van der Waals surface area (Å²) in [7, 11) is 0. The molecule has 1 aromatic rings. The highest BCUT2D eigenvalue weighted by atomic mass is 35.5. The first-order valence-corrected chi connectivity index (χ1v) is 8.17. The molecule has 0 atom stereocenters. The van der Waals surface area contributed by atoms with E-state index in [2.05, 4.69) is 10.3 Å². The van der Waals surface area contributed by atoms with Gasteiger partial charge in [-0.15, -0.1) is 0 Å². The molecule has 1 saturated heterocycles. The predicted molar refractivity (Wildman–Crippen MR) is 90.5 cm³/mol. The lowest BCUT2D eigenvalue weighted by Crippen LogP contribution is -2.37. The number of hydrogen-bond donors (Lipinski definition) is 2. The molecule has 1 fully saturated rings. The molecule has 0 aromatic carbocycles. The van der Waals surface area contributed by atoms with Crippen LogP contribution in [0.4, 0.5) is 5.82 Å². The van der Waals surface area contributed by atoms with Crippen molar-refractivity contribution in [3.63, 3.8) is 0 Å². The number of anilines is 1. The number of nitrogens with two attached hydrogens (primary N) is 1. The Balaban J connectivity index is 2.05. The van der Waals surface area contributed by atoms with E-state index >= 15 is 0 Å². The van der Waals surface area contributed by atoms with Crippen LogP contribution in [-0.2, 0) is 4.79 Å². The van der Waals surface area contributed by atoms with E-state index in [1.807, 2.05) is 4.90 Å². The lowest BCUT2D eigenvalue weighted by molar-refractivity contribution is -0.125. The van der Waals surface area contributed by atoms with Crippen LogP contribution in [0.5, 0.6) is 0 Å². The maximum Gasteiger partial charge on any atom is 0.255 e. The first-order chi connectivity index (χ1) is 10.8. The van der Waals surface area contributed by atoms with Gasteiger partial charge in [-0.25, -0.2) is 4.98 Å². The van der Waals surface area contributed by atoms with E-state index in [-0.39, 0.29) is 5.91 Å². The van der Waals surface area contributed by atoms with Gasteiger partial charge in [0.2, 0.25) is 5.91 Å². The molecule has 0 unspecified atom stereocenters. The molecule has 126 valence electrons. The molecule has 2 heterocycles. The van der Waals surface area contributed by atoms with E-state index in [4.69, 9.17) is 17.3 Å². The van der Waals surface area contributed by atoms with E-state index in [1.165, 1.54) is 12.6 Å². The number of rotatable bonds is 5. The Hall–Kier alpha value is -1.82. The van der Waals surface area contributed by atoms with Gasteiger partial charge in [0.25, 0.3) is 5.91 Å². The summed E-state index contributed by atoms with van der Waals surface area (Å²) in [4.78, 5) is 29.8. The van der Waals surface area contributed by atoms with Crippen molar-refractivity contribution >= 4 is 29.2 Å². The fourth-order valence-corrected chi connectivity index (χ4v) is 2.59. The van der Waals surface area contributed by atoms with Crippen LogP contribution >= 0.6 is 11.6 Å². The number of carbonyl (C=O) groups is 2. The second-order valence-electron chi connectivity index (χ2n) is 6.51. The molecule has 0 bridgehead atoms. The topological polar surface area (TPSA) is 88.3 Å². The van der Waals surface area contributed by atoms with Crippen LogP contribution in [0.3, 0.4) is 0 Å². The number of primary amides is 1. The van der Waals surface area contributed by atoms with E-state index in [9.17, 15) is 9.59 Å². The van der Waals surface area contributed by atoms with Crippen molar-refractivity contribution in [1.29, 1.82) is 0 Å². The molecule has 0 radical (unpaired) electrons. The highest BCUT2D eigenvalue weighted by Crippen LogP contribution is 2.24. The number of halogens is 1. The van der Waals surface area contributed by atoms with Crippen LogP contribution in [0.15, 0.2) is 12.3 Å². The quantitative estimate of drug-likeness (QED) is 0.862. The molecule has 2 rings (SSSR count). The number of carbonyl (C=O) groups excluding carboxylic acids is 2. The third-order valence-electron chi connectivity index (χ3n) is 4.10. The Morgan fingerprint density at radius 1 is 1.35 bits per heavy atom. The Morgan fingerprint density at radius 2 is 2.00 bits per heavy atom. The van der Waals surface area contributed by atoms with Crippen molar-refractivity contribution in [1.82, 2.24) is 9.88 Å². The first kappa shape index (κ1) is 17.5. The van der Waals surface area contributed by atoms with E-state index in [0.29, 0.717) is 22.9 Å². The van der Waals surface area contributed by atoms with Gasteiger partial charge in [-0.2, -0.15) is 0 Å². The summed E-state index contributed by atoms with van der Waals surface area (Å²) in [6.45, 7) is 5.36. The molecule has 1 aliphatic rings. The Morgan fingerprint density at radius 3 is 2.57 bits per heavy atom. The van der Waals surface area contributed by atoms with Crippen LogP contribution < -0.4 is 11.1 Å². The minimum absolute atomic E-state index is 0.0388. The van der Waals surface area contributed by atoms with E-state index < -0.39 is 11.3 Å². The van der Waals surface area contributed by atoms with E-state index in [1.54, 1.807) is 19.9 Å². The standard InChI is InChI=1S/C16H23ClN4O2/c1-16(2,15(18)23)10-20-13-12(17)8-11(9-19-13)14(22)21-6-4-3-5-7-21/h8-9H,3-7,10H2,1-2H3,(H2,18,23)(H,19,20). The Bertz CT molecular complexity index is 598. The smallest absolute Gasteiger partial charge is 0.255 e. The van der Waals surface area contributed by atoms with Gasteiger partial charge >= 0.3 is 0 Å². The van der Waals surface area contributed by atoms with Crippen molar-refractivity contribution in [2.24, 2.45) is 11.1 Å². The largest absolute Gasteiger partial charge is 0.369 e. The molecule has 3 N–H and O–H groups in total. The van der Waals surface area contributed by atoms with Crippen LogP contribution in [0.1, 0.15) is 43.5 Å². The zero-order chi connectivity index (χ0) is 17.0. The second-order valence-corrected chi connectivity index (χ2v) is 6.92. The van der Waals surface area contributed by atoms with Crippen LogP contribution in [0.2, 0.25) is 5.02 Å². The maximum absolute atomic E-state index is 12.4. The van der Waals surface area contributed by atoms with Crippen molar-refractivity contribution in [2.75, 3.05) is 25.0 Å². The molecular weight excluding hydrogens is 316 g/mol. The number of hydrogen-bond acceptors (Lipinski definition) is 4. The van der Waals surface area contributed by atoms with Crippen molar-refractivity contribution < 1.29 is 9.59 Å². The van der Waals surface area contributed by atoms with Gasteiger partial charge in [-0.3, -0.25) is 9.59 Å². The first-order valence-electron chi connectivity index (χ1n) is 7.80. The molecule has 6 nitrogen and oxygen atoms in total. The summed E-state index contributed by atoms with van der Waals surface area (Å²) in [6.07, 6.45) is 4.76. The summed E-state index contributed by atoms with van der Waals surface area (Å²) >= 11 is 6.21. The lowest BCUT2D eigenvalue weighted by atomic mass is 9.93. The van der Waals surface area contributed by atoms with Crippen LogP contribution in [-0.4, -0.2) is 41.3 Å². The van der Waals surface area contributed by atoms with Crippen LogP contribution in [0, 0.1) is 5.41 Å². The molecule has 1 aliphatic heterocycles. The molecule has 1 aromatic heterocycles. The number of likely N-dealkylation sites (tertiary alicyclic amines) is 1. The lowest BCUT2D eigenvalue weighted by Gasteiger charge is -2.26. The van der Waals surface area contributed by atoms with Gasteiger partial charge in [0.1, 0.15) is 5.82 Å². The van der Waals surface area contributed by atoms with Gasteiger partial charge in [0.15, 0.2) is 0 Å². The fraction of sp³-hybridized carbons (Fsp3) is 0.562. The zero-order valence-electron chi connectivity index (χ0n) is 13.6. The highest BCUT2D eigenvalue weighted by Gasteiger charge is 2.25. The zero-order valence-corrected chi connectivity index (χ0v) is 14.3. The normalized spacial score (nSPS) is 15.3. The molecule has 7 heteroatoms. The van der Waals surface area contributed by atoms with Crippen molar-refractivity contribution in [3.05, 3.63) is 22.8 Å². The number of aromatic nitrogens is 1. The van der Waals surface area contributed by atoms with Crippen molar-refractivity contribution in [3.8, 4) is 0 Å². The Labute approximate surface area is 141 Å². The molecule has 2 amide bonds. The summed E-state index contributed by atoms with van der Waals surface area (Å²) < 4.78 is 0. The van der Waals surface area contributed by atoms with Gasteiger partial charge < -0.3 is 16.0 Å². The SMILES string of the molecule is CC(C)(CNc1ncc(C(=O)N2CCCCC2)cc1Cl)C(N)=O. The summed E-state index contributed by atoms with van der Waals surface area (Å²) in [5.74, 6) is -0.00248. The van der Waals surface area contributed by atoms with Gasteiger partial charge in [0.05, 0.1) is 16.0 Å². The third-order valence-corrected chi connectivity index (χ3v) is 4.38. The van der Waals surface area contributed by atoms with Gasteiger partial charge in [0, 0.05) is 25.8 Å². The van der Waals surface area contributed by atoms with Gasteiger partial charge in [-0.1, -0.05) is 11.6 Å². The van der Waals surface area contributed by atoms with Crippen molar-refractivity contribution in [2.45, 2.75) is 33.1 Å². The molecule has 23 heavy (non-hydrogen) atoms. The molecule has 0 aliphatic carbocycles. The average Bonchev–Trinajstić information content (AvgIpc) is 2.53. The minimum Gasteiger partial charge on any atom is -0.369 e. The predicted octanol–water partition coefficient (Wildman–Crippen LogP) is 2.28. The maximum atomic E-state index is 12.4. The number of piperidine rings is 1. The summed E-state index contributed by atoms with van der Waals surface area (Å²) in [5.41, 5.74) is 5.10. The van der Waals surface area contributed by atoms with Crippen LogP contribution in [0.25, 0.3) is 0 Å². The number of nitrogens with one attached hydrogen (secondary N) is 1. The molecule has 0 saturated carbocycles. The summed E-state index contributed by atoms with van der Waals surface area (Å²) in [5, 5.41) is 3.37. The summed E-state index contributed by atoms with van der Waals surface area (Å²) in [6, 6.07) is 1.62. The number of amides is 2. The molecule has 0 spiro atoms. The number of pyridine rings is 1. The second kappa shape index (κ2) is 7.17. The van der Waals surface area contributed by atoms with Gasteiger partial charge in [-0.05, 0) is 39.2 Å². The minimum atomic E-state index is -0.715. The monoisotopic (exact) mass is 338 g/mol. The van der Waals surface area contributed by atoms with E-state index in [0.717, 1.165) is 25.9 Å². The Kier molecular flexibility index (Phi) is 5.46. The third kappa shape index (κ3) is 4.34. The molecular formula is C16H23ClN4O2. The average molecular weight is 339 g/mol.